The first-order valence-electron chi connectivity index (χ1n) is 9.94. The van der Waals surface area contributed by atoms with Gasteiger partial charge in [0.2, 0.25) is 5.91 Å². The van der Waals surface area contributed by atoms with E-state index in [0.717, 1.165) is 4.47 Å². The van der Waals surface area contributed by atoms with Crippen molar-refractivity contribution in [1.29, 1.82) is 0 Å². The van der Waals surface area contributed by atoms with Crippen molar-refractivity contribution in [2.75, 3.05) is 22.1 Å². The first-order chi connectivity index (χ1) is 15.4. The van der Waals surface area contributed by atoms with Crippen LogP contribution in [0.5, 0.6) is 5.75 Å². The number of hydrogen-bond acceptors (Lipinski definition) is 4. The van der Waals surface area contributed by atoms with E-state index >= 15 is 0 Å². The van der Waals surface area contributed by atoms with Gasteiger partial charge in [0, 0.05) is 15.7 Å². The number of ether oxygens (including phenoxy) is 1. The Morgan fingerprint density at radius 3 is 2.44 bits per heavy atom. The summed E-state index contributed by atoms with van der Waals surface area (Å²) in [5, 5.41) is 5.54. The van der Waals surface area contributed by atoms with Gasteiger partial charge in [-0.15, -0.1) is 0 Å². The van der Waals surface area contributed by atoms with Crippen molar-refractivity contribution in [3.05, 3.63) is 82.8 Å². The van der Waals surface area contributed by atoms with Crippen molar-refractivity contribution >= 4 is 50.7 Å². The monoisotopic (exact) mass is 493 g/mol. The molecule has 3 amide bonds. The first kappa shape index (κ1) is 21.6. The fraction of sp³-hybridized carbons (Fsp3) is 0.125. The number of benzene rings is 3. The van der Waals surface area contributed by atoms with Gasteiger partial charge in [-0.05, 0) is 67.6 Å². The van der Waals surface area contributed by atoms with Crippen molar-refractivity contribution in [2.24, 2.45) is 0 Å². The molecule has 3 aromatic carbocycles. The molecule has 0 aliphatic carbocycles. The average molecular weight is 494 g/mol. The van der Waals surface area contributed by atoms with Crippen molar-refractivity contribution in [3.8, 4) is 5.75 Å². The molecule has 0 saturated heterocycles. The highest BCUT2D eigenvalue weighted by Gasteiger charge is 2.27. The van der Waals surface area contributed by atoms with Gasteiger partial charge in [0.05, 0.1) is 11.4 Å². The predicted octanol–water partition coefficient (Wildman–Crippen LogP) is 4.45. The van der Waals surface area contributed by atoms with Crippen LogP contribution in [0.25, 0.3) is 0 Å². The lowest BCUT2D eigenvalue weighted by Gasteiger charge is -2.29. The normalized spacial score (nSPS) is 13.6. The van der Waals surface area contributed by atoms with Gasteiger partial charge in [-0.3, -0.25) is 19.3 Å². The molecule has 2 N–H and O–H groups in total. The first-order valence-corrected chi connectivity index (χ1v) is 10.7. The number of halogens is 1. The Morgan fingerprint density at radius 1 is 1.03 bits per heavy atom. The summed E-state index contributed by atoms with van der Waals surface area (Å²) in [5.74, 6) is -0.269. The van der Waals surface area contributed by atoms with Crippen LogP contribution in [-0.2, 0) is 9.59 Å². The second-order valence-electron chi connectivity index (χ2n) is 7.24. The van der Waals surface area contributed by atoms with Crippen LogP contribution < -0.4 is 20.3 Å². The minimum absolute atomic E-state index is 0.0563. The van der Waals surface area contributed by atoms with Crippen molar-refractivity contribution in [2.45, 2.75) is 13.0 Å². The number of fused-ring (bicyclic) bond motifs is 1. The molecular weight excluding hydrogens is 474 g/mol. The molecule has 4 rings (SSSR count). The smallest absolute Gasteiger partial charge is 0.265 e. The minimum atomic E-state index is -0.708. The van der Waals surface area contributed by atoms with Crippen LogP contribution in [0.15, 0.2) is 77.3 Å². The summed E-state index contributed by atoms with van der Waals surface area (Å²) in [6, 6.07) is 20.9. The predicted molar refractivity (Wildman–Crippen MR) is 126 cm³/mol. The second-order valence-corrected chi connectivity index (χ2v) is 8.15. The molecule has 1 heterocycles. The molecule has 0 saturated carbocycles. The van der Waals surface area contributed by atoms with Crippen LogP contribution in [0.2, 0.25) is 0 Å². The molecule has 162 valence electrons. The van der Waals surface area contributed by atoms with Crippen LogP contribution in [0.4, 0.5) is 17.1 Å². The Morgan fingerprint density at radius 2 is 1.72 bits per heavy atom. The minimum Gasteiger partial charge on any atom is -0.481 e. The molecule has 1 unspecified atom stereocenters. The largest absolute Gasteiger partial charge is 0.481 e. The third-order valence-corrected chi connectivity index (χ3v) is 5.44. The number of amides is 3. The van der Waals surface area contributed by atoms with Gasteiger partial charge < -0.3 is 15.4 Å². The number of nitrogens with one attached hydrogen (secondary N) is 2. The summed E-state index contributed by atoms with van der Waals surface area (Å²) < 4.78 is 6.58. The molecule has 0 fully saturated rings. The van der Waals surface area contributed by atoms with E-state index in [1.165, 1.54) is 4.90 Å². The molecule has 1 atom stereocenters. The number of para-hydroxylation sites is 2. The lowest BCUT2D eigenvalue weighted by Crippen LogP contribution is -2.42. The number of hydrogen-bond donors (Lipinski definition) is 2. The quantitative estimate of drug-likeness (QED) is 0.549. The molecular formula is C24H20BrN3O4. The van der Waals surface area contributed by atoms with Gasteiger partial charge in [0.1, 0.15) is 12.3 Å². The van der Waals surface area contributed by atoms with Gasteiger partial charge in [-0.25, -0.2) is 0 Å². The Kier molecular flexibility index (Phi) is 6.23. The molecule has 1 aliphatic rings. The maximum atomic E-state index is 13.0. The summed E-state index contributed by atoms with van der Waals surface area (Å²) >= 11 is 3.36. The molecule has 0 spiro atoms. The summed E-state index contributed by atoms with van der Waals surface area (Å²) in [6.45, 7) is 1.60. The number of carbonyl (C=O) groups excluding carboxylic acids is 3. The van der Waals surface area contributed by atoms with Crippen molar-refractivity contribution in [3.63, 3.8) is 0 Å². The zero-order valence-corrected chi connectivity index (χ0v) is 18.8. The van der Waals surface area contributed by atoms with E-state index in [9.17, 15) is 14.4 Å². The average Bonchev–Trinajstić information content (AvgIpc) is 2.80. The Hall–Kier alpha value is -3.65. The van der Waals surface area contributed by atoms with E-state index in [-0.39, 0.29) is 24.3 Å². The van der Waals surface area contributed by atoms with Crippen LogP contribution in [0.3, 0.4) is 0 Å². The third kappa shape index (κ3) is 4.81. The van der Waals surface area contributed by atoms with Crippen LogP contribution >= 0.6 is 15.9 Å². The van der Waals surface area contributed by atoms with E-state index in [1.807, 2.05) is 18.2 Å². The standard InChI is InChI=1S/C24H20BrN3O4/c1-15(32-19-12-8-17(25)9-13-19)23(30)26-18-10-6-16(7-11-18)24(31)28-14-22(29)27-20-4-2-3-5-21(20)28/h2-13,15H,14H2,1H3,(H,26,30)(H,27,29). The SMILES string of the molecule is CC(Oc1ccc(Br)cc1)C(=O)Nc1ccc(C(=O)N2CC(=O)Nc3ccccc32)cc1. The molecule has 3 aromatic rings. The zero-order valence-electron chi connectivity index (χ0n) is 17.2. The van der Waals surface area contributed by atoms with E-state index in [4.69, 9.17) is 4.74 Å². The van der Waals surface area contributed by atoms with Gasteiger partial charge in [0.15, 0.2) is 6.10 Å². The zero-order chi connectivity index (χ0) is 22.7. The number of rotatable bonds is 5. The van der Waals surface area contributed by atoms with Crippen molar-refractivity contribution < 1.29 is 19.1 Å². The fourth-order valence-corrected chi connectivity index (χ4v) is 3.55. The second kappa shape index (κ2) is 9.23. The lowest BCUT2D eigenvalue weighted by molar-refractivity contribution is -0.122. The summed E-state index contributed by atoms with van der Waals surface area (Å²) in [7, 11) is 0. The maximum Gasteiger partial charge on any atom is 0.265 e. The molecule has 32 heavy (non-hydrogen) atoms. The van der Waals surface area contributed by atoms with Gasteiger partial charge in [-0.2, -0.15) is 0 Å². The number of anilines is 3. The molecule has 0 radical (unpaired) electrons. The lowest BCUT2D eigenvalue weighted by atomic mass is 10.1. The molecule has 7 nitrogen and oxygen atoms in total. The van der Waals surface area contributed by atoms with E-state index in [0.29, 0.717) is 28.4 Å². The van der Waals surface area contributed by atoms with Gasteiger partial charge in [-0.1, -0.05) is 28.1 Å². The molecule has 1 aliphatic heterocycles. The number of carbonyl (C=O) groups is 3. The number of nitrogens with zero attached hydrogens (tertiary/aromatic N) is 1. The van der Waals surface area contributed by atoms with Gasteiger partial charge in [0.25, 0.3) is 11.8 Å². The highest BCUT2D eigenvalue weighted by Crippen LogP contribution is 2.30. The van der Waals surface area contributed by atoms with E-state index in [1.54, 1.807) is 61.5 Å². The van der Waals surface area contributed by atoms with Crippen molar-refractivity contribution in [1.82, 2.24) is 0 Å². The topological polar surface area (TPSA) is 87.7 Å². The molecule has 0 bridgehead atoms. The Balaban J connectivity index is 1.42. The fourth-order valence-electron chi connectivity index (χ4n) is 3.28. The maximum absolute atomic E-state index is 13.0. The highest BCUT2D eigenvalue weighted by molar-refractivity contribution is 9.10. The third-order valence-electron chi connectivity index (χ3n) is 4.91. The van der Waals surface area contributed by atoms with E-state index in [2.05, 4.69) is 26.6 Å². The van der Waals surface area contributed by atoms with Gasteiger partial charge >= 0.3 is 0 Å². The highest BCUT2D eigenvalue weighted by atomic mass is 79.9. The van der Waals surface area contributed by atoms with Crippen LogP contribution in [0, 0.1) is 0 Å². The summed E-state index contributed by atoms with van der Waals surface area (Å²) in [6.07, 6.45) is -0.708. The Bertz CT molecular complexity index is 1160. The summed E-state index contributed by atoms with van der Waals surface area (Å²) in [5.41, 5.74) is 2.19. The van der Waals surface area contributed by atoms with E-state index < -0.39 is 6.10 Å². The molecule has 8 heteroatoms. The summed E-state index contributed by atoms with van der Waals surface area (Å²) in [4.78, 5) is 38.9. The Labute approximate surface area is 193 Å². The molecule has 0 aromatic heterocycles. The van der Waals surface area contributed by atoms with Crippen LogP contribution in [-0.4, -0.2) is 30.4 Å². The van der Waals surface area contributed by atoms with Crippen LogP contribution in [0.1, 0.15) is 17.3 Å².